The van der Waals surface area contributed by atoms with Crippen LogP contribution in [0, 0.1) is 0 Å². The molecule has 2 aromatic carbocycles. The second-order valence-corrected chi connectivity index (χ2v) is 10.2. The van der Waals surface area contributed by atoms with Crippen molar-refractivity contribution in [1.29, 1.82) is 0 Å². The van der Waals surface area contributed by atoms with E-state index in [1.807, 2.05) is 96.5 Å². The molecule has 0 bridgehead atoms. The quantitative estimate of drug-likeness (QED) is 0.292. The van der Waals surface area contributed by atoms with E-state index in [0.717, 1.165) is 35.5 Å². The van der Waals surface area contributed by atoms with Crippen LogP contribution in [-0.2, 0) is 17.9 Å². The van der Waals surface area contributed by atoms with E-state index in [2.05, 4.69) is 27.4 Å². The number of ether oxygens (including phenoxy) is 1. The van der Waals surface area contributed by atoms with Crippen molar-refractivity contribution >= 4 is 23.4 Å². The van der Waals surface area contributed by atoms with Crippen LogP contribution in [0.15, 0.2) is 85.2 Å². The molecule has 9 heteroatoms. The summed E-state index contributed by atoms with van der Waals surface area (Å²) in [6, 6.07) is 24.1. The van der Waals surface area contributed by atoms with Crippen molar-refractivity contribution in [2.45, 2.75) is 25.7 Å². The highest BCUT2D eigenvalue weighted by Crippen LogP contribution is 2.29. The molecule has 1 aliphatic heterocycles. The van der Waals surface area contributed by atoms with Crippen molar-refractivity contribution < 1.29 is 9.53 Å². The molecule has 212 valence electrons. The van der Waals surface area contributed by atoms with Crippen LogP contribution < -0.4 is 20.0 Å². The van der Waals surface area contributed by atoms with Gasteiger partial charge in [0.25, 0.3) is 5.91 Å². The number of likely N-dealkylation sites (N-methyl/N-ethyl adjacent to an activating group) is 1. The van der Waals surface area contributed by atoms with E-state index in [-0.39, 0.29) is 12.0 Å². The molecule has 1 N–H and O–H groups in total. The Morgan fingerprint density at radius 2 is 1.85 bits per heavy atom. The van der Waals surface area contributed by atoms with Crippen molar-refractivity contribution in [1.82, 2.24) is 20.3 Å². The minimum atomic E-state index is -0.113. The lowest BCUT2D eigenvalue weighted by Crippen LogP contribution is -2.33. The molecular weight excluding hydrogens is 514 g/mol. The highest BCUT2D eigenvalue weighted by Gasteiger charge is 2.28. The first-order chi connectivity index (χ1) is 20.0. The summed E-state index contributed by atoms with van der Waals surface area (Å²) in [5, 5.41) is 3.22. The van der Waals surface area contributed by atoms with Crippen LogP contribution in [0.1, 0.15) is 39.7 Å². The number of hydrogen-bond donors (Lipinski definition) is 1. The lowest BCUT2D eigenvalue weighted by Gasteiger charge is -2.22. The third-order valence-corrected chi connectivity index (χ3v) is 7.22. The van der Waals surface area contributed by atoms with Gasteiger partial charge in [-0.2, -0.15) is 4.98 Å². The first kappa shape index (κ1) is 28.2. The van der Waals surface area contributed by atoms with Crippen LogP contribution in [0.3, 0.4) is 0 Å². The second kappa shape index (κ2) is 13.3. The Balaban J connectivity index is 1.32. The lowest BCUT2D eigenvalue weighted by atomic mass is 10.1. The van der Waals surface area contributed by atoms with E-state index in [9.17, 15) is 4.79 Å². The zero-order valence-corrected chi connectivity index (χ0v) is 23.9. The maximum atomic E-state index is 13.8. The fourth-order valence-electron chi connectivity index (χ4n) is 4.94. The monoisotopic (exact) mass is 551 g/mol. The normalized spacial score (nSPS) is 14.0. The summed E-state index contributed by atoms with van der Waals surface area (Å²) in [6.45, 7) is 3.05. The minimum Gasteiger partial charge on any atom is -0.369 e. The molecular formula is C32H37N7O2. The minimum absolute atomic E-state index is 0.0187. The summed E-state index contributed by atoms with van der Waals surface area (Å²) in [6.07, 6.45) is 4.26. The number of pyridine rings is 1. The Bertz CT molecular complexity index is 1430. The lowest BCUT2D eigenvalue weighted by molar-refractivity contribution is 0.0344. The highest BCUT2D eigenvalue weighted by molar-refractivity contribution is 6.09. The molecule has 0 saturated heterocycles. The largest absolute Gasteiger partial charge is 0.369 e. The van der Waals surface area contributed by atoms with Gasteiger partial charge in [0, 0.05) is 45.3 Å². The van der Waals surface area contributed by atoms with E-state index in [1.165, 1.54) is 0 Å². The summed E-state index contributed by atoms with van der Waals surface area (Å²) < 4.78 is 6.38. The first-order valence-corrected chi connectivity index (χ1v) is 13.9. The number of carbonyl (C=O) groups is 1. The SMILES string of the molecule is CNCCC(OCc1cccc(N2CCN(C)c3nc(N(C)Cc4ccccn4)ncc3C2=O)c1)c1ccccc1. The fourth-order valence-corrected chi connectivity index (χ4v) is 4.94. The predicted molar refractivity (Wildman–Crippen MR) is 162 cm³/mol. The second-order valence-electron chi connectivity index (χ2n) is 10.2. The van der Waals surface area contributed by atoms with Gasteiger partial charge < -0.3 is 24.8 Å². The van der Waals surface area contributed by atoms with Crippen LogP contribution in [0.4, 0.5) is 17.5 Å². The summed E-state index contributed by atoms with van der Waals surface area (Å²) in [7, 11) is 5.84. The zero-order valence-electron chi connectivity index (χ0n) is 23.9. The number of carbonyl (C=O) groups excluding carboxylic acids is 1. The molecule has 0 fully saturated rings. The van der Waals surface area contributed by atoms with Crippen molar-refractivity contribution in [3.63, 3.8) is 0 Å². The van der Waals surface area contributed by atoms with Gasteiger partial charge in [-0.25, -0.2) is 4.98 Å². The van der Waals surface area contributed by atoms with Crippen molar-refractivity contribution in [3.05, 3.63) is 108 Å². The third-order valence-electron chi connectivity index (χ3n) is 7.22. The predicted octanol–water partition coefficient (Wildman–Crippen LogP) is 4.47. The molecule has 1 unspecified atom stereocenters. The molecule has 5 rings (SSSR count). The van der Waals surface area contributed by atoms with Gasteiger partial charge in [-0.15, -0.1) is 0 Å². The topological polar surface area (TPSA) is 86.7 Å². The van der Waals surface area contributed by atoms with Gasteiger partial charge in [-0.3, -0.25) is 9.78 Å². The summed E-state index contributed by atoms with van der Waals surface area (Å²) in [4.78, 5) is 33.3. The number of nitrogens with one attached hydrogen (secondary N) is 1. The van der Waals surface area contributed by atoms with Gasteiger partial charge in [0.1, 0.15) is 11.4 Å². The zero-order chi connectivity index (χ0) is 28.6. The molecule has 0 aliphatic carbocycles. The number of rotatable bonds is 11. The first-order valence-electron chi connectivity index (χ1n) is 13.9. The molecule has 1 amide bonds. The number of amides is 1. The van der Waals surface area contributed by atoms with Crippen LogP contribution >= 0.6 is 0 Å². The van der Waals surface area contributed by atoms with E-state index < -0.39 is 0 Å². The van der Waals surface area contributed by atoms with Gasteiger partial charge in [-0.05, 0) is 55.4 Å². The van der Waals surface area contributed by atoms with Crippen molar-refractivity contribution in [2.75, 3.05) is 55.5 Å². The molecule has 3 heterocycles. The van der Waals surface area contributed by atoms with Crippen LogP contribution in [-0.4, -0.2) is 61.6 Å². The molecule has 2 aromatic heterocycles. The highest BCUT2D eigenvalue weighted by atomic mass is 16.5. The number of benzene rings is 2. The molecule has 41 heavy (non-hydrogen) atoms. The van der Waals surface area contributed by atoms with Gasteiger partial charge in [0.05, 0.1) is 24.9 Å². The van der Waals surface area contributed by atoms with Crippen LogP contribution in [0.25, 0.3) is 0 Å². The average Bonchev–Trinajstić information content (AvgIpc) is 3.13. The summed E-state index contributed by atoms with van der Waals surface area (Å²) in [5.41, 5.74) is 4.41. The van der Waals surface area contributed by atoms with Gasteiger partial charge >= 0.3 is 0 Å². The maximum Gasteiger partial charge on any atom is 0.263 e. The number of aromatic nitrogens is 3. The Hall–Kier alpha value is -4.34. The molecule has 0 spiro atoms. The van der Waals surface area contributed by atoms with Gasteiger partial charge in [0.15, 0.2) is 0 Å². The number of hydrogen-bond acceptors (Lipinski definition) is 8. The number of fused-ring (bicyclic) bond motifs is 1. The van der Waals surface area contributed by atoms with E-state index in [4.69, 9.17) is 9.72 Å². The van der Waals surface area contributed by atoms with Crippen LogP contribution in [0.5, 0.6) is 0 Å². The van der Waals surface area contributed by atoms with Gasteiger partial charge in [0.2, 0.25) is 5.95 Å². The van der Waals surface area contributed by atoms with E-state index in [1.54, 1.807) is 12.4 Å². The molecule has 0 saturated carbocycles. The summed E-state index contributed by atoms with van der Waals surface area (Å²) in [5.74, 6) is 1.07. The smallest absolute Gasteiger partial charge is 0.263 e. The van der Waals surface area contributed by atoms with Crippen LogP contribution in [0.2, 0.25) is 0 Å². The van der Waals surface area contributed by atoms with Gasteiger partial charge in [-0.1, -0.05) is 48.5 Å². The Morgan fingerprint density at radius 3 is 2.63 bits per heavy atom. The van der Waals surface area contributed by atoms with Crippen molar-refractivity contribution in [3.8, 4) is 0 Å². The molecule has 1 aliphatic rings. The van der Waals surface area contributed by atoms with E-state index in [0.29, 0.717) is 43.6 Å². The number of nitrogens with zero attached hydrogens (tertiary/aromatic N) is 6. The molecule has 1 atom stereocenters. The molecule has 9 nitrogen and oxygen atoms in total. The Labute approximate surface area is 241 Å². The molecule has 4 aromatic rings. The third kappa shape index (κ3) is 6.87. The van der Waals surface area contributed by atoms with Crippen molar-refractivity contribution in [2.24, 2.45) is 0 Å². The fraction of sp³-hybridized carbons (Fsp3) is 0.312. The molecule has 0 radical (unpaired) electrons. The summed E-state index contributed by atoms with van der Waals surface area (Å²) >= 11 is 0. The van der Waals surface area contributed by atoms with E-state index >= 15 is 0 Å². The Kier molecular flexibility index (Phi) is 9.18. The Morgan fingerprint density at radius 1 is 1.02 bits per heavy atom. The standard InChI is InChI=1S/C32H37N7O2/c1-33-17-15-29(25-11-5-4-6-12-25)41-23-24-10-9-14-27(20-24)39-19-18-37(2)30-28(31(39)40)21-35-32(36-30)38(3)22-26-13-7-8-16-34-26/h4-14,16,20-21,29,33H,15,17-19,22-23H2,1-3H3. The maximum absolute atomic E-state index is 13.8. The number of anilines is 3. The average molecular weight is 552 g/mol.